The van der Waals surface area contributed by atoms with Crippen molar-refractivity contribution in [1.82, 2.24) is 4.98 Å². The second-order valence-electron chi connectivity index (χ2n) is 4.51. The number of nitrogens with zero attached hydrogens (tertiary/aromatic N) is 1. The van der Waals surface area contributed by atoms with Gasteiger partial charge in [-0.05, 0) is 31.2 Å². The third-order valence-corrected chi connectivity index (χ3v) is 3.97. The van der Waals surface area contributed by atoms with Gasteiger partial charge in [-0.15, -0.1) is 11.3 Å². The van der Waals surface area contributed by atoms with Crippen LogP contribution in [-0.2, 0) is 11.2 Å². The van der Waals surface area contributed by atoms with E-state index in [1.165, 1.54) is 4.88 Å². The number of amidine groups is 1. The van der Waals surface area contributed by atoms with Gasteiger partial charge >= 0.3 is 0 Å². The fourth-order valence-electron chi connectivity index (χ4n) is 1.78. The van der Waals surface area contributed by atoms with E-state index >= 15 is 0 Å². The lowest BCUT2D eigenvalue weighted by Gasteiger charge is -2.07. The van der Waals surface area contributed by atoms with E-state index in [0.29, 0.717) is 25.4 Å². The van der Waals surface area contributed by atoms with Crippen LogP contribution in [0.25, 0.3) is 0 Å². The fraction of sp³-hybridized carbons (Fsp3) is 0.333. The molecule has 0 aliphatic carbocycles. The molecular weight excluding hydrogens is 286 g/mol. The molecule has 0 unspecified atom stereocenters. The summed E-state index contributed by atoms with van der Waals surface area (Å²) in [5.74, 6) is 0.810. The molecular formula is C15H19N3O2S. The summed E-state index contributed by atoms with van der Waals surface area (Å²) in [7, 11) is 0. The monoisotopic (exact) mass is 305 g/mol. The minimum Gasteiger partial charge on any atom is -0.491 e. The SMILES string of the molecule is Cc1ncsc1CCOCCOc1ccc(C(=N)N)cc1. The average molecular weight is 305 g/mol. The maximum Gasteiger partial charge on any atom is 0.122 e. The van der Waals surface area contributed by atoms with Crippen molar-refractivity contribution in [3.05, 3.63) is 45.9 Å². The normalized spacial score (nSPS) is 10.5. The first-order valence-electron chi connectivity index (χ1n) is 6.71. The van der Waals surface area contributed by atoms with Gasteiger partial charge < -0.3 is 15.2 Å². The van der Waals surface area contributed by atoms with E-state index in [1.54, 1.807) is 35.6 Å². The van der Waals surface area contributed by atoms with Crippen LogP contribution in [0.4, 0.5) is 0 Å². The van der Waals surface area contributed by atoms with Gasteiger partial charge in [0.15, 0.2) is 0 Å². The maximum absolute atomic E-state index is 7.31. The molecule has 0 bridgehead atoms. The number of aryl methyl sites for hydroxylation is 1. The van der Waals surface area contributed by atoms with Gasteiger partial charge in [0.25, 0.3) is 0 Å². The quantitative estimate of drug-likeness (QED) is 0.446. The van der Waals surface area contributed by atoms with Crippen LogP contribution in [0.15, 0.2) is 29.8 Å². The van der Waals surface area contributed by atoms with E-state index in [-0.39, 0.29) is 5.84 Å². The number of nitrogen functional groups attached to an aromatic ring is 1. The second-order valence-corrected chi connectivity index (χ2v) is 5.45. The van der Waals surface area contributed by atoms with Gasteiger partial charge in [-0.3, -0.25) is 5.41 Å². The molecule has 0 saturated carbocycles. The summed E-state index contributed by atoms with van der Waals surface area (Å²) < 4.78 is 11.1. The number of aromatic nitrogens is 1. The van der Waals surface area contributed by atoms with Crippen LogP contribution in [0.1, 0.15) is 16.1 Å². The molecule has 112 valence electrons. The Kier molecular flexibility index (Phi) is 5.71. The van der Waals surface area contributed by atoms with E-state index in [0.717, 1.165) is 17.9 Å². The second kappa shape index (κ2) is 7.75. The Labute approximate surface area is 128 Å². The molecule has 0 saturated heterocycles. The summed E-state index contributed by atoms with van der Waals surface area (Å²) in [5.41, 5.74) is 9.03. The van der Waals surface area contributed by atoms with Gasteiger partial charge in [0, 0.05) is 16.9 Å². The summed E-state index contributed by atoms with van der Waals surface area (Å²) in [4.78, 5) is 5.48. The molecule has 0 aliphatic heterocycles. The van der Waals surface area contributed by atoms with Gasteiger partial charge in [-0.25, -0.2) is 4.98 Å². The molecule has 5 nitrogen and oxygen atoms in total. The molecule has 6 heteroatoms. The van der Waals surface area contributed by atoms with Crippen LogP contribution in [0.3, 0.4) is 0 Å². The molecule has 1 aromatic carbocycles. The Hall–Kier alpha value is -1.92. The Morgan fingerprint density at radius 1 is 1.24 bits per heavy atom. The molecule has 0 atom stereocenters. The van der Waals surface area contributed by atoms with Crippen molar-refractivity contribution in [2.45, 2.75) is 13.3 Å². The van der Waals surface area contributed by atoms with Crippen LogP contribution in [0.5, 0.6) is 5.75 Å². The number of nitrogens with two attached hydrogens (primary N) is 1. The van der Waals surface area contributed by atoms with Crippen LogP contribution in [0.2, 0.25) is 0 Å². The van der Waals surface area contributed by atoms with Crippen LogP contribution in [0, 0.1) is 12.3 Å². The van der Waals surface area contributed by atoms with Crippen molar-refractivity contribution in [3.63, 3.8) is 0 Å². The number of hydrogen-bond donors (Lipinski definition) is 2. The van der Waals surface area contributed by atoms with Gasteiger partial charge in [-0.2, -0.15) is 0 Å². The van der Waals surface area contributed by atoms with Crippen LogP contribution >= 0.6 is 11.3 Å². The predicted molar refractivity (Wildman–Crippen MR) is 84.3 cm³/mol. The lowest BCUT2D eigenvalue weighted by molar-refractivity contribution is 0.103. The molecule has 0 fully saturated rings. The van der Waals surface area contributed by atoms with Gasteiger partial charge in [-0.1, -0.05) is 0 Å². The maximum atomic E-state index is 7.31. The molecule has 21 heavy (non-hydrogen) atoms. The van der Waals surface area contributed by atoms with Crippen molar-refractivity contribution in [3.8, 4) is 5.75 Å². The van der Waals surface area contributed by atoms with Crippen molar-refractivity contribution in [1.29, 1.82) is 5.41 Å². The fourth-order valence-corrected chi connectivity index (χ4v) is 2.54. The van der Waals surface area contributed by atoms with E-state index in [4.69, 9.17) is 20.6 Å². The molecule has 3 N–H and O–H groups in total. The largest absolute Gasteiger partial charge is 0.491 e. The molecule has 0 aliphatic rings. The van der Waals surface area contributed by atoms with Gasteiger partial charge in [0.05, 0.1) is 24.4 Å². The van der Waals surface area contributed by atoms with Crippen LogP contribution in [-0.4, -0.2) is 30.6 Å². The Morgan fingerprint density at radius 2 is 2.00 bits per heavy atom. The molecule has 0 radical (unpaired) electrons. The third kappa shape index (κ3) is 4.84. The Bertz CT molecular complexity index is 581. The molecule has 2 aromatic rings. The smallest absolute Gasteiger partial charge is 0.122 e. The van der Waals surface area contributed by atoms with Crippen LogP contribution < -0.4 is 10.5 Å². The Morgan fingerprint density at radius 3 is 2.62 bits per heavy atom. The number of benzene rings is 1. The minimum atomic E-state index is 0.0586. The number of rotatable bonds is 8. The predicted octanol–water partition coefficient (Wildman–Crippen LogP) is 2.37. The third-order valence-electron chi connectivity index (χ3n) is 2.98. The summed E-state index contributed by atoms with van der Waals surface area (Å²) >= 11 is 1.66. The van der Waals surface area contributed by atoms with Crippen molar-refractivity contribution < 1.29 is 9.47 Å². The first-order chi connectivity index (χ1) is 10.2. The lowest BCUT2D eigenvalue weighted by atomic mass is 10.2. The molecule has 1 aromatic heterocycles. The van der Waals surface area contributed by atoms with Crippen molar-refractivity contribution in [2.24, 2.45) is 5.73 Å². The number of nitrogens with one attached hydrogen (secondary N) is 1. The van der Waals surface area contributed by atoms with E-state index in [1.807, 2.05) is 12.4 Å². The number of thiazole rings is 1. The van der Waals surface area contributed by atoms with Crippen molar-refractivity contribution >= 4 is 17.2 Å². The highest BCUT2D eigenvalue weighted by Crippen LogP contribution is 2.13. The topological polar surface area (TPSA) is 81.2 Å². The standard InChI is InChI=1S/C15H19N3O2S/c1-11-14(21-10-18-11)6-7-19-8-9-20-13-4-2-12(3-5-13)15(16)17/h2-5,10H,6-9H2,1H3,(H3,16,17). The zero-order chi connectivity index (χ0) is 15.1. The number of hydrogen-bond acceptors (Lipinski definition) is 5. The summed E-state index contributed by atoms with van der Waals surface area (Å²) in [5, 5.41) is 7.31. The molecule has 0 spiro atoms. The Balaban J connectivity index is 1.61. The molecule has 0 amide bonds. The summed E-state index contributed by atoms with van der Waals surface area (Å²) in [6.45, 7) is 3.74. The summed E-state index contributed by atoms with van der Waals surface area (Å²) in [6.07, 6.45) is 0.893. The highest BCUT2D eigenvalue weighted by atomic mass is 32.1. The molecule has 1 heterocycles. The zero-order valence-electron chi connectivity index (χ0n) is 12.0. The highest BCUT2D eigenvalue weighted by Gasteiger charge is 2.01. The van der Waals surface area contributed by atoms with Gasteiger partial charge in [0.2, 0.25) is 0 Å². The van der Waals surface area contributed by atoms with E-state index < -0.39 is 0 Å². The first-order valence-corrected chi connectivity index (χ1v) is 7.59. The highest BCUT2D eigenvalue weighted by molar-refractivity contribution is 7.09. The van der Waals surface area contributed by atoms with Gasteiger partial charge in [0.1, 0.15) is 18.2 Å². The summed E-state index contributed by atoms with van der Waals surface area (Å²) in [6, 6.07) is 7.14. The number of ether oxygens (including phenoxy) is 2. The minimum absolute atomic E-state index is 0.0586. The molecule has 2 rings (SSSR count). The van der Waals surface area contributed by atoms with E-state index in [9.17, 15) is 0 Å². The zero-order valence-corrected chi connectivity index (χ0v) is 12.8. The van der Waals surface area contributed by atoms with Crippen molar-refractivity contribution in [2.75, 3.05) is 19.8 Å². The lowest BCUT2D eigenvalue weighted by Crippen LogP contribution is -2.11. The van der Waals surface area contributed by atoms with E-state index in [2.05, 4.69) is 4.98 Å². The first kappa shape index (κ1) is 15.5. The average Bonchev–Trinajstić information content (AvgIpc) is 2.88.